The number of rotatable bonds is 4. The molecule has 6 rings (SSSR count). The summed E-state index contributed by atoms with van der Waals surface area (Å²) in [5.74, 6) is 0.0253. The van der Waals surface area contributed by atoms with Gasteiger partial charge >= 0.3 is 220 Å². The topological polar surface area (TPSA) is 57.0 Å². The Labute approximate surface area is 219 Å². The van der Waals surface area contributed by atoms with Crippen molar-refractivity contribution < 1.29 is 4.79 Å². The number of allylic oxidation sites excluding steroid dienone is 1. The van der Waals surface area contributed by atoms with Crippen LogP contribution in [-0.2, 0) is 0 Å². The molecule has 1 aliphatic rings. The van der Waals surface area contributed by atoms with Crippen LogP contribution in [0.25, 0.3) is 21.9 Å². The van der Waals surface area contributed by atoms with Crippen LogP contribution in [0, 0.1) is 11.3 Å². The fourth-order valence-corrected chi connectivity index (χ4v) is 9.27. The third-order valence-corrected chi connectivity index (χ3v) is 11.3. The number of thiazole rings is 1. The van der Waals surface area contributed by atoms with Crippen LogP contribution in [0.2, 0.25) is 0 Å². The van der Waals surface area contributed by atoms with E-state index >= 15 is 0 Å². The minimum atomic E-state index is 0.0253. The molecule has 0 saturated heterocycles. The van der Waals surface area contributed by atoms with Gasteiger partial charge in [-0.15, -0.1) is 0 Å². The predicted molar refractivity (Wildman–Crippen MR) is 146 cm³/mol. The third kappa shape index (κ3) is 4.10. The summed E-state index contributed by atoms with van der Waals surface area (Å²) in [6.07, 6.45) is 1.97. The van der Waals surface area contributed by atoms with E-state index < -0.39 is 0 Å². The molecule has 5 aromatic rings. The average molecular weight is 601 g/mol. The van der Waals surface area contributed by atoms with Gasteiger partial charge in [0, 0.05) is 0 Å². The van der Waals surface area contributed by atoms with E-state index in [4.69, 9.17) is 0 Å². The van der Waals surface area contributed by atoms with Crippen molar-refractivity contribution in [2.45, 2.75) is 6.92 Å². The van der Waals surface area contributed by atoms with E-state index in [-0.39, 0.29) is 35.2 Å². The number of fused-ring (bicyclic) bond motifs is 3. The third-order valence-electron chi connectivity index (χ3n) is 5.70. The van der Waals surface area contributed by atoms with Crippen molar-refractivity contribution in [2.75, 3.05) is 4.90 Å². The molecule has 2 aromatic heterocycles. The molecule has 0 bridgehead atoms. The second-order valence-corrected chi connectivity index (χ2v) is 13.6. The molecule has 0 amide bonds. The Kier molecular flexibility index (Phi) is 5.78. The minimum absolute atomic E-state index is 0.0253. The fourth-order valence-electron chi connectivity index (χ4n) is 4.02. The summed E-state index contributed by atoms with van der Waals surface area (Å²) in [6, 6.07) is 29.5. The molecule has 0 unspecified atom stereocenters. The van der Waals surface area contributed by atoms with Crippen molar-refractivity contribution in [1.29, 1.82) is 5.26 Å². The summed E-state index contributed by atoms with van der Waals surface area (Å²) in [5, 5.41) is 10.6. The van der Waals surface area contributed by atoms with Gasteiger partial charge in [0.2, 0.25) is 0 Å². The van der Waals surface area contributed by atoms with E-state index in [1.165, 1.54) is 36.2 Å². The first-order chi connectivity index (χ1) is 17.1. The molecule has 1 aliphatic heterocycles. The summed E-state index contributed by atoms with van der Waals surface area (Å²) < 4.78 is 6.08. The van der Waals surface area contributed by atoms with Gasteiger partial charge in [-0.3, -0.25) is 0 Å². The maximum absolute atomic E-state index is 11.7. The molecule has 4 nitrogen and oxygen atoms in total. The number of ketones is 1. The molecular weight excluding hydrogens is 584 g/mol. The number of hydrogen-bond acceptors (Lipinski definition) is 5. The molecule has 168 valence electrons. The summed E-state index contributed by atoms with van der Waals surface area (Å²) in [7, 11) is 0. The molecular formula is C28H17N3OSSe2. The molecule has 0 radical (unpaired) electrons. The number of anilines is 3. The zero-order valence-corrected chi connectivity index (χ0v) is 22.8. The zero-order valence-electron chi connectivity index (χ0n) is 18.6. The standard InChI is InChI=1S/C28H17N3OSSe2/c1-17(32)18-10-12-21-24(15-18)33-28(30-21)19(16-29)14-20-11-13-27(34-20)31-22-6-2-4-8-25(22)35-26-9-5-3-7-23(26)31/h2-15H,1H3/b19-14+. The average Bonchev–Trinajstić information content (AvgIpc) is 3.52. The molecule has 0 atom stereocenters. The van der Waals surface area contributed by atoms with Crippen molar-refractivity contribution in [3.8, 4) is 6.07 Å². The molecule has 7 heteroatoms. The van der Waals surface area contributed by atoms with Gasteiger partial charge < -0.3 is 0 Å². The Morgan fingerprint density at radius 3 is 2.40 bits per heavy atom. The van der Waals surface area contributed by atoms with Crippen LogP contribution < -0.4 is 13.8 Å². The van der Waals surface area contributed by atoms with E-state index in [0.717, 1.165) is 14.7 Å². The molecule has 0 N–H and O–H groups in total. The summed E-state index contributed by atoms with van der Waals surface area (Å²) in [4.78, 5) is 18.8. The van der Waals surface area contributed by atoms with E-state index in [1.807, 2.05) is 18.2 Å². The summed E-state index contributed by atoms with van der Waals surface area (Å²) in [5.41, 5.74) is 4.54. The Hall–Kier alpha value is -3.23. The van der Waals surface area contributed by atoms with E-state index in [2.05, 4.69) is 76.6 Å². The van der Waals surface area contributed by atoms with Crippen LogP contribution in [-0.4, -0.2) is 40.2 Å². The van der Waals surface area contributed by atoms with Crippen molar-refractivity contribution in [3.05, 3.63) is 93.9 Å². The van der Waals surface area contributed by atoms with Crippen LogP contribution in [0.4, 0.5) is 15.9 Å². The Bertz CT molecular complexity index is 1650. The Morgan fingerprint density at radius 1 is 1.00 bits per heavy atom. The molecule has 0 aliphatic carbocycles. The van der Waals surface area contributed by atoms with Gasteiger partial charge in [0.05, 0.1) is 0 Å². The SMILES string of the molecule is CC(=O)c1ccc2nc(/C(C#N)=C/c3ccc(N4c5ccccc5[Se]c5ccccc54)[se]3)sc2c1. The van der Waals surface area contributed by atoms with Crippen LogP contribution in [0.15, 0.2) is 78.9 Å². The number of carbonyl (C=O) groups excluding carboxylic acids is 1. The van der Waals surface area contributed by atoms with Gasteiger partial charge in [-0.2, -0.15) is 0 Å². The van der Waals surface area contributed by atoms with Gasteiger partial charge in [-0.05, 0) is 0 Å². The number of nitrogens with zero attached hydrogens (tertiary/aromatic N) is 3. The monoisotopic (exact) mass is 603 g/mol. The number of aromatic nitrogens is 1. The van der Waals surface area contributed by atoms with Gasteiger partial charge in [-0.25, -0.2) is 0 Å². The normalized spacial score (nSPS) is 12.8. The van der Waals surface area contributed by atoms with Crippen LogP contribution in [0.5, 0.6) is 0 Å². The Balaban J connectivity index is 1.39. The van der Waals surface area contributed by atoms with Crippen molar-refractivity contribution in [1.82, 2.24) is 4.98 Å². The second kappa shape index (κ2) is 9.09. The van der Waals surface area contributed by atoms with Crippen LogP contribution in [0.1, 0.15) is 26.7 Å². The van der Waals surface area contributed by atoms with Crippen molar-refractivity contribution in [2.24, 2.45) is 0 Å². The maximum atomic E-state index is 11.7. The molecule has 0 spiro atoms. The van der Waals surface area contributed by atoms with Crippen molar-refractivity contribution in [3.63, 3.8) is 0 Å². The Morgan fingerprint density at radius 2 is 1.71 bits per heavy atom. The number of para-hydroxylation sites is 2. The van der Waals surface area contributed by atoms with Gasteiger partial charge in [-0.1, -0.05) is 0 Å². The number of nitriles is 1. The second-order valence-electron chi connectivity index (χ2n) is 7.98. The first-order valence-corrected chi connectivity index (χ1v) is 15.1. The summed E-state index contributed by atoms with van der Waals surface area (Å²) >= 11 is 1.79. The number of carbonyl (C=O) groups is 1. The molecule has 0 saturated carbocycles. The number of hydrogen-bond donors (Lipinski definition) is 0. The van der Waals surface area contributed by atoms with Gasteiger partial charge in [0.25, 0.3) is 0 Å². The fraction of sp³-hybridized carbons (Fsp3) is 0.0357. The quantitative estimate of drug-likeness (QED) is 0.161. The number of benzene rings is 3. The van der Waals surface area contributed by atoms with E-state index in [1.54, 1.807) is 13.0 Å². The van der Waals surface area contributed by atoms with Gasteiger partial charge in [0.1, 0.15) is 0 Å². The van der Waals surface area contributed by atoms with Crippen LogP contribution in [0.3, 0.4) is 0 Å². The van der Waals surface area contributed by atoms with Crippen LogP contribution >= 0.6 is 11.3 Å². The predicted octanol–water partition coefficient (Wildman–Crippen LogP) is 5.06. The van der Waals surface area contributed by atoms with E-state index in [0.29, 0.717) is 16.1 Å². The van der Waals surface area contributed by atoms with Crippen molar-refractivity contribution >= 4 is 93.3 Å². The molecule has 3 aromatic carbocycles. The first kappa shape index (κ1) is 22.2. The molecule has 0 fully saturated rings. The number of Topliss-reactive ketones (excluding diaryl/α,β-unsaturated/α-hetero) is 1. The molecule has 3 heterocycles. The summed E-state index contributed by atoms with van der Waals surface area (Å²) in [6.45, 7) is 1.56. The first-order valence-electron chi connectivity index (χ1n) is 10.9. The molecule has 35 heavy (non-hydrogen) atoms. The van der Waals surface area contributed by atoms with Gasteiger partial charge in [0.15, 0.2) is 0 Å². The zero-order chi connectivity index (χ0) is 23.9. The van der Waals surface area contributed by atoms with E-state index in [9.17, 15) is 10.1 Å².